The zero-order valence-corrected chi connectivity index (χ0v) is 14.6. The third-order valence-electron chi connectivity index (χ3n) is 4.61. The summed E-state index contributed by atoms with van der Waals surface area (Å²) in [4.78, 5) is 0.290. The van der Waals surface area contributed by atoms with Gasteiger partial charge in [0.2, 0.25) is 0 Å². The summed E-state index contributed by atoms with van der Waals surface area (Å²) in [5, 5.41) is 0. The van der Waals surface area contributed by atoms with Gasteiger partial charge in [-0.05, 0) is 55.7 Å². The van der Waals surface area contributed by atoms with E-state index in [-0.39, 0.29) is 5.60 Å². The van der Waals surface area contributed by atoms with Crippen LogP contribution < -0.4 is 14.8 Å². The highest BCUT2D eigenvalue weighted by atomic mass is 32.2. The lowest BCUT2D eigenvalue weighted by molar-refractivity contribution is 0.138. The van der Waals surface area contributed by atoms with Crippen LogP contribution in [0.3, 0.4) is 0 Å². The first-order valence-electron chi connectivity index (χ1n) is 8.00. The largest absolute Gasteiger partial charge is 0.487 e. The van der Waals surface area contributed by atoms with Crippen LogP contribution >= 0.6 is 0 Å². The molecule has 0 saturated heterocycles. The average molecular weight is 344 g/mol. The molecule has 0 amide bonds. The highest BCUT2D eigenvalue weighted by Gasteiger charge is 2.35. The summed E-state index contributed by atoms with van der Waals surface area (Å²) in [6.45, 7) is 4.42. The molecule has 126 valence electrons. The molecule has 24 heavy (non-hydrogen) atoms. The third-order valence-corrected chi connectivity index (χ3v) is 6.40. The maximum Gasteiger partial charge on any atom is 0.264 e. The van der Waals surface area contributed by atoms with Crippen LogP contribution in [0, 0.1) is 0 Å². The van der Waals surface area contributed by atoms with Crippen LogP contribution in [0.25, 0.3) is 0 Å². The molecule has 2 aromatic carbocycles. The summed E-state index contributed by atoms with van der Waals surface area (Å²) in [5.41, 5.74) is 8.77. The normalized spacial score (nSPS) is 18.2. The van der Waals surface area contributed by atoms with Crippen LogP contribution in [-0.2, 0) is 22.9 Å². The standard InChI is InChI=1S/C18H20N2O3S/c1-18(2)11-13-10-14(6-7-16(13)23-18)24(21,22)20-9-8-12-4-3-5-15(19)17(12)20/h3-7,10H,8-9,11,19H2,1-2H3. The molecule has 0 atom stereocenters. The summed E-state index contributed by atoms with van der Waals surface area (Å²) >= 11 is 0. The zero-order valence-electron chi connectivity index (χ0n) is 13.7. The Balaban J connectivity index is 1.77. The first-order chi connectivity index (χ1) is 11.3. The quantitative estimate of drug-likeness (QED) is 0.850. The summed E-state index contributed by atoms with van der Waals surface area (Å²) in [6, 6.07) is 10.6. The molecular formula is C18H20N2O3S. The predicted octanol–water partition coefficient (Wildman–Crippen LogP) is 2.73. The van der Waals surface area contributed by atoms with E-state index in [2.05, 4.69) is 0 Å². The second-order valence-electron chi connectivity index (χ2n) is 6.99. The molecule has 4 rings (SSSR count). The Morgan fingerprint density at radius 2 is 1.96 bits per heavy atom. The Bertz CT molecular complexity index is 935. The van der Waals surface area contributed by atoms with Gasteiger partial charge in [-0.15, -0.1) is 0 Å². The maximum absolute atomic E-state index is 13.1. The minimum absolute atomic E-state index is 0.290. The van der Waals surface area contributed by atoms with E-state index >= 15 is 0 Å². The fraction of sp³-hybridized carbons (Fsp3) is 0.333. The molecule has 0 aliphatic carbocycles. The fourth-order valence-corrected chi connectivity index (χ4v) is 5.15. The minimum Gasteiger partial charge on any atom is -0.487 e. The second-order valence-corrected chi connectivity index (χ2v) is 8.85. The molecule has 0 unspecified atom stereocenters. The van der Waals surface area contributed by atoms with Crippen LogP contribution in [0.4, 0.5) is 11.4 Å². The smallest absolute Gasteiger partial charge is 0.264 e. The Morgan fingerprint density at radius 3 is 2.75 bits per heavy atom. The van der Waals surface area contributed by atoms with Gasteiger partial charge in [0.05, 0.1) is 16.3 Å². The van der Waals surface area contributed by atoms with Gasteiger partial charge in [0.15, 0.2) is 0 Å². The van der Waals surface area contributed by atoms with E-state index in [1.54, 1.807) is 24.3 Å². The second kappa shape index (κ2) is 4.89. The van der Waals surface area contributed by atoms with Crippen molar-refractivity contribution in [3.8, 4) is 5.75 Å². The van der Waals surface area contributed by atoms with Gasteiger partial charge in [0.25, 0.3) is 10.0 Å². The van der Waals surface area contributed by atoms with E-state index in [0.717, 1.165) is 16.9 Å². The van der Waals surface area contributed by atoms with E-state index in [4.69, 9.17) is 10.5 Å². The predicted molar refractivity (Wildman–Crippen MR) is 93.9 cm³/mol. The van der Waals surface area contributed by atoms with Crippen LogP contribution in [-0.4, -0.2) is 20.6 Å². The molecule has 0 aromatic heterocycles. The molecule has 2 aromatic rings. The topological polar surface area (TPSA) is 72.6 Å². The van der Waals surface area contributed by atoms with Crippen molar-refractivity contribution in [3.63, 3.8) is 0 Å². The molecule has 6 heteroatoms. The lowest BCUT2D eigenvalue weighted by Crippen LogP contribution is -2.29. The summed E-state index contributed by atoms with van der Waals surface area (Å²) < 4.78 is 33.5. The van der Waals surface area contributed by atoms with Crippen molar-refractivity contribution in [3.05, 3.63) is 47.5 Å². The monoisotopic (exact) mass is 344 g/mol. The summed E-state index contributed by atoms with van der Waals surface area (Å²) in [7, 11) is -3.64. The minimum atomic E-state index is -3.64. The van der Waals surface area contributed by atoms with Gasteiger partial charge in [-0.2, -0.15) is 0 Å². The third kappa shape index (κ3) is 2.24. The fourth-order valence-electron chi connectivity index (χ4n) is 3.56. The van der Waals surface area contributed by atoms with Gasteiger partial charge in [-0.1, -0.05) is 12.1 Å². The van der Waals surface area contributed by atoms with Gasteiger partial charge in [0, 0.05) is 13.0 Å². The lowest BCUT2D eigenvalue weighted by atomic mass is 10.0. The highest BCUT2D eigenvalue weighted by Crippen LogP contribution is 2.40. The number of ether oxygens (including phenoxy) is 1. The van der Waals surface area contributed by atoms with Crippen LogP contribution in [0.5, 0.6) is 5.75 Å². The van der Waals surface area contributed by atoms with Crippen molar-refractivity contribution in [1.82, 2.24) is 0 Å². The van der Waals surface area contributed by atoms with Crippen molar-refractivity contribution in [2.24, 2.45) is 0 Å². The number of sulfonamides is 1. The van der Waals surface area contributed by atoms with Crippen LogP contribution in [0.15, 0.2) is 41.3 Å². The number of benzene rings is 2. The van der Waals surface area contributed by atoms with Gasteiger partial charge < -0.3 is 10.5 Å². The number of para-hydroxylation sites is 1. The van der Waals surface area contributed by atoms with Crippen molar-refractivity contribution < 1.29 is 13.2 Å². The molecule has 0 spiro atoms. The van der Waals surface area contributed by atoms with E-state index < -0.39 is 10.0 Å². The number of nitrogen functional groups attached to an aromatic ring is 1. The molecular weight excluding hydrogens is 324 g/mol. The Kier molecular flexibility index (Phi) is 3.12. The van der Waals surface area contributed by atoms with Crippen molar-refractivity contribution in [2.75, 3.05) is 16.6 Å². The van der Waals surface area contributed by atoms with Crippen molar-refractivity contribution in [2.45, 2.75) is 37.2 Å². The van der Waals surface area contributed by atoms with Gasteiger partial charge in [-0.25, -0.2) is 8.42 Å². The number of nitrogens with two attached hydrogens (primary N) is 1. The number of hydrogen-bond acceptors (Lipinski definition) is 4. The Morgan fingerprint density at radius 1 is 1.17 bits per heavy atom. The van der Waals surface area contributed by atoms with E-state index in [0.29, 0.717) is 35.7 Å². The molecule has 0 bridgehead atoms. The molecule has 0 radical (unpaired) electrons. The number of nitrogens with zero attached hydrogens (tertiary/aromatic N) is 1. The van der Waals surface area contributed by atoms with Crippen LogP contribution in [0.1, 0.15) is 25.0 Å². The van der Waals surface area contributed by atoms with E-state index in [1.807, 2.05) is 26.0 Å². The number of anilines is 2. The molecule has 2 heterocycles. The molecule has 0 saturated carbocycles. The molecule has 2 aliphatic rings. The van der Waals surface area contributed by atoms with Gasteiger partial charge in [0.1, 0.15) is 11.4 Å². The summed E-state index contributed by atoms with van der Waals surface area (Å²) in [5.74, 6) is 0.764. The average Bonchev–Trinajstić information content (AvgIpc) is 3.06. The van der Waals surface area contributed by atoms with Crippen LogP contribution in [0.2, 0.25) is 0 Å². The highest BCUT2D eigenvalue weighted by molar-refractivity contribution is 7.92. The van der Waals surface area contributed by atoms with Gasteiger partial charge in [-0.3, -0.25) is 4.31 Å². The number of fused-ring (bicyclic) bond motifs is 2. The van der Waals surface area contributed by atoms with E-state index in [9.17, 15) is 8.42 Å². The van der Waals surface area contributed by atoms with Crippen molar-refractivity contribution >= 4 is 21.4 Å². The van der Waals surface area contributed by atoms with E-state index in [1.165, 1.54) is 4.31 Å². The van der Waals surface area contributed by atoms with Crippen molar-refractivity contribution in [1.29, 1.82) is 0 Å². The maximum atomic E-state index is 13.1. The molecule has 2 aliphatic heterocycles. The van der Waals surface area contributed by atoms with Gasteiger partial charge >= 0.3 is 0 Å². The molecule has 5 nitrogen and oxygen atoms in total. The zero-order chi connectivity index (χ0) is 17.1. The molecule has 0 fully saturated rings. The number of rotatable bonds is 2. The Labute approximate surface area is 142 Å². The Hall–Kier alpha value is -2.21. The number of hydrogen-bond donors (Lipinski definition) is 1. The lowest BCUT2D eigenvalue weighted by Gasteiger charge is -2.21. The SMILES string of the molecule is CC1(C)Cc2cc(S(=O)(=O)N3CCc4cccc(N)c43)ccc2O1. The summed E-state index contributed by atoms with van der Waals surface area (Å²) in [6.07, 6.45) is 1.38. The first kappa shape index (κ1) is 15.3. The molecule has 2 N–H and O–H groups in total. The first-order valence-corrected chi connectivity index (χ1v) is 9.44.